The Bertz CT molecular complexity index is 360. The molecule has 0 spiro atoms. The van der Waals surface area contributed by atoms with E-state index in [1.165, 1.54) is 0 Å². The Morgan fingerprint density at radius 1 is 1.16 bits per heavy atom. The second-order valence-electron chi connectivity index (χ2n) is 4.92. The topological polar surface area (TPSA) is 61.0 Å². The first-order valence-electron chi connectivity index (χ1n) is 7.32. The lowest BCUT2D eigenvalue weighted by Crippen LogP contribution is -2.31. The molecule has 1 atom stereocenters. The average molecular weight is 265 g/mol. The maximum absolute atomic E-state index is 5.95. The van der Waals surface area contributed by atoms with Gasteiger partial charge in [0.15, 0.2) is 5.82 Å². The lowest BCUT2D eigenvalue weighted by Gasteiger charge is -2.29. The monoisotopic (exact) mass is 265 g/mol. The summed E-state index contributed by atoms with van der Waals surface area (Å²) in [5, 5.41) is 0. The fourth-order valence-corrected chi connectivity index (χ4v) is 2.25. The van der Waals surface area contributed by atoms with Crippen LogP contribution in [0.15, 0.2) is 12.4 Å². The highest BCUT2D eigenvalue weighted by Gasteiger charge is 2.31. The predicted octanol–water partition coefficient (Wildman–Crippen LogP) is 2.81. The Morgan fingerprint density at radius 2 is 1.74 bits per heavy atom. The van der Waals surface area contributed by atoms with Gasteiger partial charge in [0.25, 0.3) is 0 Å². The Labute approximate surface area is 116 Å². The molecule has 1 aromatic rings. The Morgan fingerprint density at radius 3 is 2.16 bits per heavy atom. The van der Waals surface area contributed by atoms with Crippen molar-refractivity contribution in [2.45, 2.75) is 65.0 Å². The zero-order valence-electron chi connectivity index (χ0n) is 12.6. The second kappa shape index (κ2) is 7.56. The highest BCUT2D eigenvalue weighted by molar-refractivity contribution is 5.11. The van der Waals surface area contributed by atoms with Crippen LogP contribution in [0.5, 0.6) is 0 Å². The van der Waals surface area contributed by atoms with Gasteiger partial charge in [-0.05, 0) is 38.2 Å². The summed E-state index contributed by atoms with van der Waals surface area (Å²) in [6, 6.07) is 0.184. The summed E-state index contributed by atoms with van der Waals surface area (Å²) in [6.07, 6.45) is 7.33. The van der Waals surface area contributed by atoms with Crippen LogP contribution in [0.4, 0.5) is 0 Å². The van der Waals surface area contributed by atoms with Crippen LogP contribution < -0.4 is 5.73 Å². The summed E-state index contributed by atoms with van der Waals surface area (Å²) in [4.78, 5) is 9.01. The first-order chi connectivity index (χ1) is 9.11. The van der Waals surface area contributed by atoms with Gasteiger partial charge < -0.3 is 10.5 Å². The highest BCUT2D eigenvalue weighted by Crippen LogP contribution is 2.30. The lowest BCUT2D eigenvalue weighted by molar-refractivity contribution is -0.0572. The van der Waals surface area contributed by atoms with Gasteiger partial charge in [-0.25, -0.2) is 9.97 Å². The SMILES string of the molecule is CCOC(CC)(CC)c1ncc(CC(N)CC)cn1. The number of aromatic nitrogens is 2. The molecule has 0 radical (unpaired) electrons. The molecule has 108 valence electrons. The molecular weight excluding hydrogens is 238 g/mol. The van der Waals surface area contributed by atoms with Crippen molar-refractivity contribution in [2.75, 3.05) is 6.61 Å². The summed E-state index contributed by atoms with van der Waals surface area (Å²) < 4.78 is 5.91. The number of hydrogen-bond donors (Lipinski definition) is 1. The third-order valence-electron chi connectivity index (χ3n) is 3.70. The van der Waals surface area contributed by atoms with E-state index in [1.54, 1.807) is 0 Å². The van der Waals surface area contributed by atoms with E-state index in [9.17, 15) is 0 Å². The molecule has 1 rings (SSSR count). The smallest absolute Gasteiger partial charge is 0.160 e. The van der Waals surface area contributed by atoms with E-state index in [0.717, 1.165) is 37.1 Å². The molecule has 0 saturated carbocycles. The van der Waals surface area contributed by atoms with Gasteiger partial charge in [-0.3, -0.25) is 0 Å². The Kier molecular flexibility index (Phi) is 6.38. The third-order valence-corrected chi connectivity index (χ3v) is 3.70. The number of rotatable bonds is 8. The van der Waals surface area contributed by atoms with Gasteiger partial charge >= 0.3 is 0 Å². The van der Waals surface area contributed by atoms with Crippen LogP contribution in [0.3, 0.4) is 0 Å². The van der Waals surface area contributed by atoms with Crippen LogP contribution in [0, 0.1) is 0 Å². The molecule has 0 aliphatic carbocycles. The molecule has 2 N–H and O–H groups in total. The zero-order valence-corrected chi connectivity index (χ0v) is 12.6. The minimum atomic E-state index is -0.347. The second-order valence-corrected chi connectivity index (χ2v) is 4.92. The van der Waals surface area contributed by atoms with Crippen molar-refractivity contribution in [2.24, 2.45) is 5.73 Å². The molecular formula is C15H27N3O. The van der Waals surface area contributed by atoms with E-state index in [4.69, 9.17) is 10.5 Å². The molecule has 19 heavy (non-hydrogen) atoms. The number of nitrogens with zero attached hydrogens (tertiary/aromatic N) is 2. The molecule has 4 nitrogen and oxygen atoms in total. The zero-order chi connectivity index (χ0) is 14.3. The van der Waals surface area contributed by atoms with Crippen molar-refractivity contribution >= 4 is 0 Å². The van der Waals surface area contributed by atoms with E-state index in [-0.39, 0.29) is 11.6 Å². The summed E-state index contributed by atoms with van der Waals surface area (Å²) in [7, 11) is 0. The number of ether oxygens (including phenoxy) is 1. The molecule has 0 saturated heterocycles. The first kappa shape index (κ1) is 16.1. The predicted molar refractivity (Wildman–Crippen MR) is 77.9 cm³/mol. The fraction of sp³-hybridized carbons (Fsp3) is 0.733. The summed E-state index contributed by atoms with van der Waals surface area (Å²) in [5.74, 6) is 0.785. The van der Waals surface area contributed by atoms with E-state index in [2.05, 4.69) is 30.7 Å². The standard InChI is InChI=1S/C15H27N3O/c1-5-13(16)9-12-10-17-14(18-11-12)15(6-2,7-3)19-8-4/h10-11,13H,5-9,16H2,1-4H3. The van der Waals surface area contributed by atoms with Crippen LogP contribution in [-0.2, 0) is 16.8 Å². The molecule has 0 amide bonds. The van der Waals surface area contributed by atoms with Crippen LogP contribution in [0.2, 0.25) is 0 Å². The van der Waals surface area contributed by atoms with E-state index in [0.29, 0.717) is 6.61 Å². The van der Waals surface area contributed by atoms with Crippen LogP contribution in [-0.4, -0.2) is 22.6 Å². The van der Waals surface area contributed by atoms with Gasteiger partial charge in [-0.2, -0.15) is 0 Å². The van der Waals surface area contributed by atoms with Gasteiger partial charge in [0.05, 0.1) is 0 Å². The van der Waals surface area contributed by atoms with Gasteiger partial charge in [-0.1, -0.05) is 20.8 Å². The summed E-state index contributed by atoms with van der Waals surface area (Å²) >= 11 is 0. The molecule has 0 aliphatic rings. The van der Waals surface area contributed by atoms with Gasteiger partial charge in [0.2, 0.25) is 0 Å². The third kappa shape index (κ3) is 3.98. The average Bonchev–Trinajstić information content (AvgIpc) is 2.45. The van der Waals surface area contributed by atoms with Crippen LogP contribution >= 0.6 is 0 Å². The minimum Gasteiger partial charge on any atom is -0.367 e. The molecule has 0 bridgehead atoms. The van der Waals surface area contributed by atoms with E-state index >= 15 is 0 Å². The fourth-order valence-electron chi connectivity index (χ4n) is 2.25. The lowest BCUT2D eigenvalue weighted by atomic mass is 9.95. The molecule has 0 aliphatic heterocycles. The maximum atomic E-state index is 5.95. The van der Waals surface area contributed by atoms with Gasteiger partial charge in [0.1, 0.15) is 5.60 Å². The van der Waals surface area contributed by atoms with Crippen molar-refractivity contribution in [1.82, 2.24) is 9.97 Å². The normalized spacial score (nSPS) is 13.5. The van der Waals surface area contributed by atoms with Crippen molar-refractivity contribution in [3.63, 3.8) is 0 Å². The van der Waals surface area contributed by atoms with Gasteiger partial charge in [0, 0.05) is 25.0 Å². The molecule has 0 aromatic carbocycles. The summed E-state index contributed by atoms with van der Waals surface area (Å²) in [6.45, 7) is 9.00. The van der Waals surface area contributed by atoms with Crippen molar-refractivity contribution in [1.29, 1.82) is 0 Å². The van der Waals surface area contributed by atoms with Gasteiger partial charge in [-0.15, -0.1) is 0 Å². The Balaban J connectivity index is 2.89. The number of nitrogens with two attached hydrogens (primary N) is 1. The quantitative estimate of drug-likeness (QED) is 0.785. The Hall–Kier alpha value is -1.00. The van der Waals surface area contributed by atoms with Crippen molar-refractivity contribution in [3.8, 4) is 0 Å². The molecule has 0 fully saturated rings. The van der Waals surface area contributed by atoms with E-state index in [1.807, 2.05) is 19.3 Å². The largest absolute Gasteiger partial charge is 0.367 e. The summed E-state index contributed by atoms with van der Waals surface area (Å²) in [5.41, 5.74) is 6.69. The maximum Gasteiger partial charge on any atom is 0.160 e. The van der Waals surface area contributed by atoms with Crippen LogP contribution in [0.1, 0.15) is 58.3 Å². The first-order valence-corrected chi connectivity index (χ1v) is 7.32. The molecule has 4 heteroatoms. The van der Waals surface area contributed by atoms with Crippen molar-refractivity contribution in [3.05, 3.63) is 23.8 Å². The highest BCUT2D eigenvalue weighted by atomic mass is 16.5. The van der Waals surface area contributed by atoms with Crippen LogP contribution in [0.25, 0.3) is 0 Å². The molecule has 1 aromatic heterocycles. The number of hydrogen-bond acceptors (Lipinski definition) is 4. The molecule has 1 heterocycles. The van der Waals surface area contributed by atoms with E-state index < -0.39 is 0 Å². The van der Waals surface area contributed by atoms with Crippen molar-refractivity contribution < 1.29 is 4.74 Å². The minimum absolute atomic E-state index is 0.184. The molecule has 1 unspecified atom stereocenters.